The fourth-order valence-electron chi connectivity index (χ4n) is 2.51. The van der Waals surface area contributed by atoms with Crippen molar-refractivity contribution in [3.05, 3.63) is 53.7 Å². The lowest BCUT2D eigenvalue weighted by Crippen LogP contribution is -2.50. The van der Waals surface area contributed by atoms with Crippen molar-refractivity contribution in [1.29, 1.82) is 0 Å². The maximum absolute atomic E-state index is 11.9. The summed E-state index contributed by atoms with van der Waals surface area (Å²) in [5.41, 5.74) is 1.66. The minimum Gasteiger partial charge on any atom is -0.448 e. The molecular formula is C18H22N2O3. The Morgan fingerprint density at radius 3 is 2.65 bits per heavy atom. The first-order valence-electron chi connectivity index (χ1n) is 7.87. The van der Waals surface area contributed by atoms with Gasteiger partial charge in [0.1, 0.15) is 11.9 Å². The van der Waals surface area contributed by atoms with E-state index < -0.39 is 5.60 Å². The van der Waals surface area contributed by atoms with E-state index in [0.29, 0.717) is 19.0 Å². The van der Waals surface area contributed by atoms with Gasteiger partial charge in [-0.05, 0) is 26.3 Å². The van der Waals surface area contributed by atoms with Gasteiger partial charge >= 0.3 is 6.09 Å². The third kappa shape index (κ3) is 3.92. The number of aromatic nitrogens is 1. The predicted octanol–water partition coefficient (Wildman–Crippen LogP) is 3.60. The molecule has 1 saturated heterocycles. The van der Waals surface area contributed by atoms with E-state index in [1.54, 1.807) is 11.2 Å². The quantitative estimate of drug-likeness (QED) is 0.868. The molecule has 0 atom stereocenters. The number of carbonyl (C=O) groups is 1. The highest BCUT2D eigenvalue weighted by Gasteiger charge is 2.37. The van der Waals surface area contributed by atoms with Crippen LogP contribution in [0.1, 0.15) is 43.8 Å². The third-order valence-corrected chi connectivity index (χ3v) is 3.68. The molecule has 0 bridgehead atoms. The van der Waals surface area contributed by atoms with Crippen LogP contribution in [-0.2, 0) is 11.2 Å². The number of oxazole rings is 1. The van der Waals surface area contributed by atoms with Crippen LogP contribution in [0.25, 0.3) is 0 Å². The molecule has 122 valence electrons. The monoisotopic (exact) mass is 314 g/mol. The van der Waals surface area contributed by atoms with E-state index in [1.165, 1.54) is 5.56 Å². The molecule has 1 amide bonds. The molecule has 3 rings (SSSR count). The lowest BCUT2D eigenvalue weighted by molar-refractivity contribution is 0.00606. The summed E-state index contributed by atoms with van der Waals surface area (Å²) in [7, 11) is 0. The van der Waals surface area contributed by atoms with Gasteiger partial charge in [-0.15, -0.1) is 0 Å². The number of carbonyl (C=O) groups excluding carboxylic acids is 1. The van der Waals surface area contributed by atoms with Crippen LogP contribution >= 0.6 is 0 Å². The lowest BCUT2D eigenvalue weighted by Gasteiger charge is -2.38. The summed E-state index contributed by atoms with van der Waals surface area (Å²) < 4.78 is 10.9. The first-order valence-corrected chi connectivity index (χ1v) is 7.87. The molecule has 5 nitrogen and oxygen atoms in total. The van der Waals surface area contributed by atoms with Gasteiger partial charge in [-0.2, -0.15) is 0 Å². The molecule has 0 aliphatic carbocycles. The van der Waals surface area contributed by atoms with E-state index in [4.69, 9.17) is 9.15 Å². The Bertz CT molecular complexity index is 667. The summed E-state index contributed by atoms with van der Waals surface area (Å²) in [6.45, 7) is 6.80. The summed E-state index contributed by atoms with van der Waals surface area (Å²) >= 11 is 0. The lowest BCUT2D eigenvalue weighted by atomic mass is 10.0. The molecule has 0 saturated carbocycles. The van der Waals surface area contributed by atoms with Gasteiger partial charge in [0.15, 0.2) is 0 Å². The topological polar surface area (TPSA) is 55.6 Å². The van der Waals surface area contributed by atoms with Crippen molar-refractivity contribution in [3.63, 3.8) is 0 Å². The van der Waals surface area contributed by atoms with Crippen molar-refractivity contribution >= 4 is 6.09 Å². The van der Waals surface area contributed by atoms with Gasteiger partial charge in [-0.25, -0.2) is 9.78 Å². The second kappa shape index (κ2) is 6.07. The van der Waals surface area contributed by atoms with Gasteiger partial charge in [0.05, 0.1) is 11.6 Å². The first kappa shape index (κ1) is 15.6. The van der Waals surface area contributed by atoms with Crippen molar-refractivity contribution in [2.24, 2.45) is 0 Å². The highest BCUT2D eigenvalue weighted by Crippen LogP contribution is 2.28. The van der Waals surface area contributed by atoms with Crippen LogP contribution in [0, 0.1) is 0 Å². The van der Waals surface area contributed by atoms with Crippen LogP contribution in [0.15, 0.2) is 41.0 Å². The molecule has 0 N–H and O–H groups in total. The van der Waals surface area contributed by atoms with Crippen LogP contribution in [0.5, 0.6) is 0 Å². The van der Waals surface area contributed by atoms with E-state index >= 15 is 0 Å². The summed E-state index contributed by atoms with van der Waals surface area (Å²) in [6, 6.07) is 10.2. The normalized spacial score (nSPS) is 15.3. The number of benzene rings is 1. The molecule has 2 heterocycles. The number of hydrogen-bond acceptors (Lipinski definition) is 4. The maximum atomic E-state index is 11.9. The van der Waals surface area contributed by atoms with Crippen LogP contribution in [0.3, 0.4) is 0 Å². The van der Waals surface area contributed by atoms with Gasteiger partial charge < -0.3 is 14.1 Å². The second-order valence-corrected chi connectivity index (χ2v) is 6.92. The van der Waals surface area contributed by atoms with E-state index in [9.17, 15) is 4.79 Å². The SMILES string of the molecule is CC(C)(C)OC(=O)N1CC(c2nc(Cc3ccccc3)co2)C1. The summed E-state index contributed by atoms with van der Waals surface area (Å²) in [6.07, 6.45) is 2.19. The minimum atomic E-state index is -0.464. The zero-order valence-corrected chi connectivity index (χ0v) is 13.8. The Labute approximate surface area is 136 Å². The Morgan fingerprint density at radius 1 is 1.30 bits per heavy atom. The average Bonchev–Trinajstić information content (AvgIpc) is 2.84. The first-order chi connectivity index (χ1) is 10.9. The molecule has 0 radical (unpaired) electrons. The fraction of sp³-hybridized carbons (Fsp3) is 0.444. The summed E-state index contributed by atoms with van der Waals surface area (Å²) in [4.78, 5) is 18.1. The zero-order chi connectivity index (χ0) is 16.4. The molecule has 5 heteroatoms. The molecule has 0 spiro atoms. The summed E-state index contributed by atoms with van der Waals surface area (Å²) in [5, 5.41) is 0. The molecule has 23 heavy (non-hydrogen) atoms. The largest absolute Gasteiger partial charge is 0.448 e. The Kier molecular flexibility index (Phi) is 4.11. The van der Waals surface area contributed by atoms with Gasteiger partial charge in [-0.1, -0.05) is 30.3 Å². The number of likely N-dealkylation sites (tertiary alicyclic amines) is 1. The number of hydrogen-bond donors (Lipinski definition) is 0. The highest BCUT2D eigenvalue weighted by molar-refractivity contribution is 5.69. The smallest absolute Gasteiger partial charge is 0.410 e. The van der Waals surface area contributed by atoms with Crippen molar-refractivity contribution in [2.75, 3.05) is 13.1 Å². The van der Waals surface area contributed by atoms with Gasteiger partial charge in [0, 0.05) is 19.5 Å². The standard InChI is InChI=1S/C18H22N2O3/c1-18(2,3)23-17(21)20-10-14(11-20)16-19-15(12-22-16)9-13-7-5-4-6-8-13/h4-8,12,14H,9-11H2,1-3H3. The Hall–Kier alpha value is -2.30. The van der Waals surface area contributed by atoms with Crippen molar-refractivity contribution < 1.29 is 13.9 Å². The molecule has 1 aliphatic heterocycles. The van der Waals surface area contributed by atoms with Gasteiger partial charge in [0.25, 0.3) is 0 Å². The van der Waals surface area contributed by atoms with Crippen LogP contribution in [0.2, 0.25) is 0 Å². The van der Waals surface area contributed by atoms with E-state index in [-0.39, 0.29) is 12.0 Å². The Balaban J connectivity index is 1.54. The number of rotatable bonds is 3. The van der Waals surface area contributed by atoms with Gasteiger partial charge in [-0.3, -0.25) is 0 Å². The predicted molar refractivity (Wildman–Crippen MR) is 86.3 cm³/mol. The highest BCUT2D eigenvalue weighted by atomic mass is 16.6. The van der Waals surface area contributed by atoms with Crippen molar-refractivity contribution in [1.82, 2.24) is 9.88 Å². The number of amides is 1. The van der Waals surface area contributed by atoms with E-state index in [0.717, 1.165) is 12.1 Å². The van der Waals surface area contributed by atoms with Crippen molar-refractivity contribution in [2.45, 2.75) is 38.7 Å². The van der Waals surface area contributed by atoms with E-state index in [1.807, 2.05) is 39.0 Å². The second-order valence-electron chi connectivity index (χ2n) is 6.92. The number of ether oxygens (including phenoxy) is 1. The molecule has 1 aromatic heterocycles. The van der Waals surface area contributed by atoms with Crippen LogP contribution in [-0.4, -0.2) is 34.7 Å². The fourth-order valence-corrected chi connectivity index (χ4v) is 2.51. The maximum Gasteiger partial charge on any atom is 0.410 e. The van der Waals surface area contributed by atoms with Crippen LogP contribution in [0.4, 0.5) is 4.79 Å². The molecule has 1 fully saturated rings. The molecule has 0 unspecified atom stereocenters. The molecule has 1 aromatic carbocycles. The molecule has 1 aliphatic rings. The molecule has 2 aromatic rings. The number of nitrogens with zero attached hydrogens (tertiary/aromatic N) is 2. The van der Waals surface area contributed by atoms with Crippen LogP contribution < -0.4 is 0 Å². The molecular weight excluding hydrogens is 292 g/mol. The third-order valence-electron chi connectivity index (χ3n) is 3.68. The van der Waals surface area contributed by atoms with Crippen molar-refractivity contribution in [3.8, 4) is 0 Å². The van der Waals surface area contributed by atoms with Gasteiger partial charge in [0.2, 0.25) is 5.89 Å². The minimum absolute atomic E-state index is 0.159. The zero-order valence-electron chi connectivity index (χ0n) is 13.8. The Morgan fingerprint density at radius 2 is 2.00 bits per heavy atom. The average molecular weight is 314 g/mol. The van der Waals surface area contributed by atoms with E-state index in [2.05, 4.69) is 17.1 Å². The summed E-state index contributed by atoms with van der Waals surface area (Å²) in [5.74, 6) is 0.864.